The van der Waals surface area contributed by atoms with Crippen LogP contribution in [-0.4, -0.2) is 65.0 Å². The summed E-state index contributed by atoms with van der Waals surface area (Å²) in [6.45, 7) is 2.60. The first-order valence-electron chi connectivity index (χ1n) is 7.39. The second kappa shape index (κ2) is 8.00. The maximum absolute atomic E-state index is 12.2. The van der Waals surface area contributed by atoms with Crippen molar-refractivity contribution in [2.45, 2.75) is 6.54 Å². The van der Waals surface area contributed by atoms with Crippen LogP contribution in [0.3, 0.4) is 0 Å². The highest BCUT2D eigenvalue weighted by Gasteiger charge is 2.20. The minimum Gasteiger partial charge on any atom is -0.491 e. The van der Waals surface area contributed by atoms with Crippen molar-refractivity contribution in [1.82, 2.24) is 4.90 Å². The molecular weight excluding hydrogens is 284 g/mol. The van der Waals surface area contributed by atoms with E-state index in [1.165, 1.54) is 0 Å². The van der Waals surface area contributed by atoms with E-state index in [0.717, 1.165) is 17.0 Å². The van der Waals surface area contributed by atoms with E-state index in [1.54, 1.807) is 12.0 Å². The first-order valence-corrected chi connectivity index (χ1v) is 7.39. The lowest BCUT2D eigenvalue weighted by atomic mass is 10.1. The predicted octanol–water partition coefficient (Wildman–Crippen LogP) is 1.14. The molecule has 1 aromatic rings. The maximum Gasteiger partial charge on any atom is 0.248 e. The van der Waals surface area contributed by atoms with Crippen LogP contribution in [0, 0.1) is 0 Å². The van der Waals surface area contributed by atoms with E-state index in [-0.39, 0.29) is 12.5 Å². The van der Waals surface area contributed by atoms with Crippen molar-refractivity contribution in [3.05, 3.63) is 23.8 Å². The number of anilines is 1. The van der Waals surface area contributed by atoms with Crippen molar-refractivity contribution in [2.75, 3.05) is 59.1 Å². The van der Waals surface area contributed by atoms with Gasteiger partial charge in [-0.1, -0.05) is 0 Å². The molecule has 0 aliphatic carbocycles. The fourth-order valence-corrected chi connectivity index (χ4v) is 2.26. The van der Waals surface area contributed by atoms with Gasteiger partial charge in [0.2, 0.25) is 5.91 Å². The second-order valence-electron chi connectivity index (χ2n) is 5.40. The number of carbonyl (C=O) groups is 1. The predicted molar refractivity (Wildman–Crippen MR) is 84.4 cm³/mol. The van der Waals surface area contributed by atoms with Gasteiger partial charge in [0.1, 0.15) is 19.0 Å². The number of ether oxygens (including phenoxy) is 3. The largest absolute Gasteiger partial charge is 0.491 e. The molecule has 1 heterocycles. The summed E-state index contributed by atoms with van der Waals surface area (Å²) in [6.07, 6.45) is 0. The van der Waals surface area contributed by atoms with Gasteiger partial charge in [-0.25, -0.2) is 0 Å². The van der Waals surface area contributed by atoms with Gasteiger partial charge in [-0.15, -0.1) is 0 Å². The van der Waals surface area contributed by atoms with E-state index in [2.05, 4.69) is 6.07 Å². The first-order chi connectivity index (χ1) is 10.6. The number of fused-ring (bicyclic) bond motifs is 1. The number of benzene rings is 1. The lowest BCUT2D eigenvalue weighted by molar-refractivity contribution is -0.137. The van der Waals surface area contributed by atoms with E-state index < -0.39 is 0 Å². The molecule has 0 bridgehead atoms. The molecule has 0 unspecified atom stereocenters. The molecule has 1 aromatic carbocycles. The van der Waals surface area contributed by atoms with Crippen LogP contribution < -0.4 is 9.64 Å². The van der Waals surface area contributed by atoms with Gasteiger partial charge < -0.3 is 24.0 Å². The van der Waals surface area contributed by atoms with Crippen molar-refractivity contribution >= 4 is 11.6 Å². The normalized spacial score (nSPS) is 14.0. The Kier molecular flexibility index (Phi) is 6.03. The van der Waals surface area contributed by atoms with E-state index in [1.807, 2.05) is 31.1 Å². The van der Waals surface area contributed by atoms with Gasteiger partial charge in [0.25, 0.3) is 0 Å². The van der Waals surface area contributed by atoms with Gasteiger partial charge >= 0.3 is 0 Å². The summed E-state index contributed by atoms with van der Waals surface area (Å²) in [6, 6.07) is 6.05. The lowest BCUT2D eigenvalue weighted by Gasteiger charge is -2.20. The fraction of sp³-hybridized carbons (Fsp3) is 0.562. The number of hydrogen-bond donors (Lipinski definition) is 0. The third-order valence-corrected chi connectivity index (χ3v) is 3.55. The monoisotopic (exact) mass is 308 g/mol. The Morgan fingerprint density at radius 1 is 1.36 bits per heavy atom. The topological polar surface area (TPSA) is 51.2 Å². The van der Waals surface area contributed by atoms with E-state index >= 15 is 0 Å². The summed E-state index contributed by atoms with van der Waals surface area (Å²) in [5.41, 5.74) is 2.11. The zero-order valence-electron chi connectivity index (χ0n) is 13.5. The van der Waals surface area contributed by atoms with Gasteiger partial charge in [-0.05, 0) is 18.2 Å². The summed E-state index contributed by atoms with van der Waals surface area (Å²) in [5.74, 6) is 0.823. The molecule has 0 radical (unpaired) electrons. The highest BCUT2D eigenvalue weighted by molar-refractivity contribution is 5.77. The van der Waals surface area contributed by atoms with E-state index in [0.29, 0.717) is 32.9 Å². The van der Waals surface area contributed by atoms with Crippen LogP contribution in [0.5, 0.6) is 5.75 Å². The third-order valence-electron chi connectivity index (χ3n) is 3.55. The van der Waals surface area contributed by atoms with Gasteiger partial charge in [0.05, 0.1) is 19.8 Å². The SMILES string of the molecule is COCCOCC(=O)N1CCOc2ccc(N(C)C)cc2C1. The van der Waals surface area contributed by atoms with Crippen LogP contribution in [0.15, 0.2) is 18.2 Å². The Morgan fingerprint density at radius 3 is 2.91 bits per heavy atom. The molecule has 2 rings (SSSR count). The Balaban J connectivity index is 2.01. The number of nitrogens with zero attached hydrogens (tertiary/aromatic N) is 2. The van der Waals surface area contributed by atoms with Crippen LogP contribution in [0.1, 0.15) is 5.56 Å². The Bertz CT molecular complexity index is 505. The van der Waals surface area contributed by atoms with Gasteiger partial charge in [-0.3, -0.25) is 4.79 Å². The Labute approximate surface area is 131 Å². The molecule has 0 spiro atoms. The molecule has 0 atom stereocenters. The van der Waals surface area contributed by atoms with Crippen molar-refractivity contribution < 1.29 is 19.0 Å². The van der Waals surface area contributed by atoms with Gasteiger partial charge in [0, 0.05) is 39.0 Å². The Hall–Kier alpha value is -1.79. The third kappa shape index (κ3) is 4.35. The highest BCUT2D eigenvalue weighted by atomic mass is 16.5. The summed E-state index contributed by atoms with van der Waals surface area (Å²) < 4.78 is 15.9. The molecular formula is C16H24N2O4. The van der Waals surface area contributed by atoms with Crippen LogP contribution in [0.25, 0.3) is 0 Å². The van der Waals surface area contributed by atoms with Crippen LogP contribution in [0.2, 0.25) is 0 Å². The average molecular weight is 308 g/mol. The van der Waals surface area contributed by atoms with Crippen molar-refractivity contribution in [3.63, 3.8) is 0 Å². The van der Waals surface area contributed by atoms with E-state index in [4.69, 9.17) is 14.2 Å². The zero-order valence-corrected chi connectivity index (χ0v) is 13.5. The number of amides is 1. The molecule has 0 saturated heterocycles. The minimum absolute atomic E-state index is 0.0252. The molecule has 0 fully saturated rings. The van der Waals surface area contributed by atoms with Crippen molar-refractivity contribution in [1.29, 1.82) is 0 Å². The van der Waals surface area contributed by atoms with Crippen LogP contribution in [0.4, 0.5) is 5.69 Å². The average Bonchev–Trinajstić information content (AvgIpc) is 2.72. The smallest absolute Gasteiger partial charge is 0.248 e. The molecule has 1 aliphatic rings. The molecule has 1 aliphatic heterocycles. The van der Waals surface area contributed by atoms with Crippen molar-refractivity contribution in [3.8, 4) is 5.75 Å². The lowest BCUT2D eigenvalue weighted by Crippen LogP contribution is -2.35. The molecule has 6 heteroatoms. The van der Waals surface area contributed by atoms with Crippen LogP contribution >= 0.6 is 0 Å². The van der Waals surface area contributed by atoms with E-state index in [9.17, 15) is 4.79 Å². The van der Waals surface area contributed by atoms with Crippen molar-refractivity contribution in [2.24, 2.45) is 0 Å². The fourth-order valence-electron chi connectivity index (χ4n) is 2.26. The quantitative estimate of drug-likeness (QED) is 0.738. The standard InChI is InChI=1S/C16H24N2O4/c1-17(2)14-4-5-15-13(10-14)11-18(6-7-22-15)16(19)12-21-9-8-20-3/h4-5,10H,6-9,11-12H2,1-3H3. The number of hydrogen-bond acceptors (Lipinski definition) is 5. The summed E-state index contributed by atoms with van der Waals surface area (Å²) in [7, 11) is 5.59. The van der Waals surface area contributed by atoms with Crippen LogP contribution in [-0.2, 0) is 20.8 Å². The Morgan fingerprint density at radius 2 is 2.18 bits per heavy atom. The molecule has 122 valence electrons. The number of rotatable bonds is 6. The molecule has 0 N–H and O–H groups in total. The molecule has 0 aromatic heterocycles. The summed E-state index contributed by atoms with van der Waals surface area (Å²) in [5, 5.41) is 0. The van der Waals surface area contributed by atoms with Gasteiger partial charge in [0.15, 0.2) is 0 Å². The molecule has 6 nitrogen and oxygen atoms in total. The summed E-state index contributed by atoms with van der Waals surface area (Å²) in [4.78, 5) is 16.0. The number of methoxy groups -OCH3 is 1. The second-order valence-corrected chi connectivity index (χ2v) is 5.40. The number of carbonyl (C=O) groups excluding carboxylic acids is 1. The van der Waals surface area contributed by atoms with Gasteiger partial charge in [-0.2, -0.15) is 0 Å². The highest BCUT2D eigenvalue weighted by Crippen LogP contribution is 2.27. The molecule has 1 amide bonds. The first kappa shape index (κ1) is 16.6. The zero-order chi connectivity index (χ0) is 15.9. The molecule has 0 saturated carbocycles. The summed E-state index contributed by atoms with van der Waals surface area (Å²) >= 11 is 0. The molecule has 22 heavy (non-hydrogen) atoms. The minimum atomic E-state index is -0.0252. The maximum atomic E-state index is 12.2.